The first-order chi connectivity index (χ1) is 4.08. The highest BCUT2D eigenvalue weighted by atomic mass is 35.5. The van der Waals surface area contributed by atoms with Crippen molar-refractivity contribution >= 4 is 12.4 Å². The average molecular weight is 166 g/mol. The molecule has 0 aromatic heterocycles. The van der Waals surface area contributed by atoms with Gasteiger partial charge in [-0.2, -0.15) is 0 Å². The fraction of sp³-hybridized carbons (Fsp3) is 1.00. The Hall–Kier alpha value is 0.210. The minimum atomic E-state index is 0. The van der Waals surface area contributed by atoms with Crippen molar-refractivity contribution in [1.29, 1.82) is 0 Å². The van der Waals surface area contributed by atoms with Gasteiger partial charge in [0, 0.05) is 12.1 Å². The molecule has 62 valence electrons. The van der Waals surface area contributed by atoms with E-state index in [-0.39, 0.29) is 17.9 Å². The molecule has 1 aliphatic rings. The molecule has 1 fully saturated rings. The fourth-order valence-electron chi connectivity index (χ4n) is 0.606. The van der Waals surface area contributed by atoms with Crippen molar-refractivity contribution in [2.75, 3.05) is 13.2 Å². The van der Waals surface area contributed by atoms with Crippen LogP contribution in [0.15, 0.2) is 0 Å². The maximum Gasteiger partial charge on any atom is 0.0934 e. The number of hydrogen-bond donors (Lipinski definition) is 1. The number of ether oxygens (including phenoxy) is 1. The summed E-state index contributed by atoms with van der Waals surface area (Å²) in [5.74, 6) is 0. The molecule has 1 unspecified atom stereocenters. The van der Waals surface area contributed by atoms with Gasteiger partial charge in [0.2, 0.25) is 0 Å². The van der Waals surface area contributed by atoms with Gasteiger partial charge in [0.25, 0.3) is 0 Å². The summed E-state index contributed by atoms with van der Waals surface area (Å²) in [6.07, 6.45) is 0.504. The van der Waals surface area contributed by atoms with Crippen LogP contribution in [0, 0.1) is 0 Å². The summed E-state index contributed by atoms with van der Waals surface area (Å²) < 4.78 is 5.04. The number of rotatable bonds is 2. The smallest absolute Gasteiger partial charge is 0.0934 e. The van der Waals surface area contributed by atoms with Crippen LogP contribution < -0.4 is 5.32 Å². The molecule has 1 aliphatic heterocycles. The van der Waals surface area contributed by atoms with E-state index in [1.165, 1.54) is 0 Å². The maximum absolute atomic E-state index is 5.04. The van der Waals surface area contributed by atoms with Crippen LogP contribution in [0.25, 0.3) is 0 Å². The van der Waals surface area contributed by atoms with Crippen LogP contribution in [-0.2, 0) is 4.74 Å². The lowest BCUT2D eigenvalue weighted by Gasteiger charge is -2.19. The Kier molecular flexibility index (Phi) is 3.63. The van der Waals surface area contributed by atoms with Gasteiger partial charge < -0.3 is 10.1 Å². The molecule has 1 atom stereocenters. The second-order valence-electron chi connectivity index (χ2n) is 3.59. The van der Waals surface area contributed by atoms with Crippen molar-refractivity contribution in [2.24, 2.45) is 0 Å². The van der Waals surface area contributed by atoms with E-state index in [1.54, 1.807) is 0 Å². The minimum Gasteiger partial charge on any atom is -0.372 e. The first-order valence-corrected chi connectivity index (χ1v) is 3.44. The summed E-state index contributed by atoms with van der Waals surface area (Å²) >= 11 is 0. The zero-order valence-electron chi connectivity index (χ0n) is 6.81. The third-order valence-electron chi connectivity index (χ3n) is 1.26. The number of epoxide rings is 1. The molecule has 0 saturated carbocycles. The molecule has 0 bridgehead atoms. The number of nitrogens with one attached hydrogen (secondary N) is 1. The van der Waals surface area contributed by atoms with Crippen molar-refractivity contribution in [3.05, 3.63) is 0 Å². The summed E-state index contributed by atoms with van der Waals surface area (Å²) in [5.41, 5.74) is 0.242. The summed E-state index contributed by atoms with van der Waals surface area (Å²) in [7, 11) is 0. The molecule has 0 aliphatic carbocycles. The summed E-state index contributed by atoms with van der Waals surface area (Å²) in [6.45, 7) is 8.44. The highest BCUT2D eigenvalue weighted by molar-refractivity contribution is 5.85. The molecular formula is C7H16ClNO. The van der Waals surface area contributed by atoms with Gasteiger partial charge in [-0.25, -0.2) is 0 Å². The third-order valence-corrected chi connectivity index (χ3v) is 1.26. The zero-order valence-corrected chi connectivity index (χ0v) is 7.62. The normalized spacial score (nSPS) is 23.7. The first kappa shape index (κ1) is 10.2. The number of hydrogen-bond acceptors (Lipinski definition) is 2. The van der Waals surface area contributed by atoms with Crippen molar-refractivity contribution in [1.82, 2.24) is 5.32 Å². The summed E-state index contributed by atoms with van der Waals surface area (Å²) in [5, 5.41) is 3.36. The second-order valence-corrected chi connectivity index (χ2v) is 3.59. The molecule has 1 saturated heterocycles. The van der Waals surface area contributed by atoms with E-state index in [0.29, 0.717) is 6.10 Å². The predicted molar refractivity (Wildman–Crippen MR) is 44.7 cm³/mol. The Morgan fingerprint density at radius 2 is 2.00 bits per heavy atom. The first-order valence-electron chi connectivity index (χ1n) is 3.44. The number of halogens is 1. The lowest BCUT2D eigenvalue weighted by atomic mass is 10.1. The molecular weight excluding hydrogens is 150 g/mol. The highest BCUT2D eigenvalue weighted by Crippen LogP contribution is 2.08. The summed E-state index contributed by atoms with van der Waals surface area (Å²) in [4.78, 5) is 0. The molecule has 0 aromatic carbocycles. The predicted octanol–water partition coefficient (Wildman–Crippen LogP) is 1.20. The third kappa shape index (κ3) is 5.03. The Bertz CT molecular complexity index is 96.3. The van der Waals surface area contributed by atoms with Gasteiger partial charge >= 0.3 is 0 Å². The molecule has 2 nitrogen and oxygen atoms in total. The van der Waals surface area contributed by atoms with Gasteiger partial charge in [0.1, 0.15) is 0 Å². The molecule has 1 heterocycles. The van der Waals surface area contributed by atoms with Crippen molar-refractivity contribution < 1.29 is 4.74 Å². The van der Waals surface area contributed by atoms with E-state index in [2.05, 4.69) is 26.1 Å². The van der Waals surface area contributed by atoms with Crippen LogP contribution in [0.1, 0.15) is 20.8 Å². The van der Waals surface area contributed by atoms with E-state index in [4.69, 9.17) is 4.74 Å². The molecule has 0 spiro atoms. The Labute approximate surface area is 68.7 Å². The van der Waals surface area contributed by atoms with E-state index in [0.717, 1.165) is 13.2 Å². The quantitative estimate of drug-likeness (QED) is 0.622. The largest absolute Gasteiger partial charge is 0.372 e. The monoisotopic (exact) mass is 165 g/mol. The second kappa shape index (κ2) is 3.56. The average Bonchev–Trinajstić information content (AvgIpc) is 2.38. The molecule has 0 aromatic rings. The Balaban J connectivity index is 0.000000810. The minimum absolute atomic E-state index is 0. The highest BCUT2D eigenvalue weighted by Gasteiger charge is 2.23. The lowest BCUT2D eigenvalue weighted by molar-refractivity contribution is 0.355. The van der Waals surface area contributed by atoms with E-state index >= 15 is 0 Å². The summed E-state index contributed by atoms with van der Waals surface area (Å²) in [6, 6.07) is 0. The molecule has 3 heteroatoms. The van der Waals surface area contributed by atoms with Gasteiger partial charge in [-0.15, -0.1) is 12.4 Å². The molecule has 1 rings (SSSR count). The molecule has 1 N–H and O–H groups in total. The Morgan fingerprint density at radius 3 is 2.30 bits per heavy atom. The van der Waals surface area contributed by atoms with Gasteiger partial charge in [0.15, 0.2) is 0 Å². The van der Waals surface area contributed by atoms with Gasteiger partial charge in [0.05, 0.1) is 12.7 Å². The molecule has 10 heavy (non-hydrogen) atoms. The fourth-order valence-corrected chi connectivity index (χ4v) is 0.606. The van der Waals surface area contributed by atoms with E-state index in [1.807, 2.05) is 0 Å². The van der Waals surface area contributed by atoms with E-state index < -0.39 is 0 Å². The topological polar surface area (TPSA) is 24.6 Å². The van der Waals surface area contributed by atoms with Gasteiger partial charge in [-0.1, -0.05) is 0 Å². The SMILES string of the molecule is CC(C)(C)NCC1CO1.Cl. The van der Waals surface area contributed by atoms with E-state index in [9.17, 15) is 0 Å². The van der Waals surface area contributed by atoms with Gasteiger partial charge in [-0.05, 0) is 20.8 Å². The van der Waals surface area contributed by atoms with Crippen LogP contribution >= 0.6 is 12.4 Å². The van der Waals surface area contributed by atoms with Crippen LogP contribution in [0.3, 0.4) is 0 Å². The molecule has 0 amide bonds. The van der Waals surface area contributed by atoms with Crippen LogP contribution in [0.4, 0.5) is 0 Å². The van der Waals surface area contributed by atoms with Crippen LogP contribution in [0.5, 0.6) is 0 Å². The van der Waals surface area contributed by atoms with Crippen molar-refractivity contribution in [3.8, 4) is 0 Å². The van der Waals surface area contributed by atoms with Crippen LogP contribution in [0.2, 0.25) is 0 Å². The van der Waals surface area contributed by atoms with Crippen molar-refractivity contribution in [3.63, 3.8) is 0 Å². The van der Waals surface area contributed by atoms with Crippen molar-refractivity contribution in [2.45, 2.75) is 32.4 Å². The van der Waals surface area contributed by atoms with Gasteiger partial charge in [-0.3, -0.25) is 0 Å². The molecule has 0 radical (unpaired) electrons. The Morgan fingerprint density at radius 1 is 1.50 bits per heavy atom. The van der Waals surface area contributed by atoms with Crippen LogP contribution in [-0.4, -0.2) is 24.8 Å². The maximum atomic E-state index is 5.04. The lowest BCUT2D eigenvalue weighted by Crippen LogP contribution is -2.38. The zero-order chi connectivity index (χ0) is 6.91. The standard InChI is InChI=1S/C7H15NO.ClH/c1-7(2,3)8-4-6-5-9-6;/h6,8H,4-5H2,1-3H3;1H.